The van der Waals surface area contributed by atoms with Gasteiger partial charge >= 0.3 is 0 Å². The molecule has 8 nitrogen and oxygen atoms in total. The molecule has 1 N–H and O–H groups in total. The van der Waals surface area contributed by atoms with Crippen LogP contribution in [0.1, 0.15) is 36.2 Å². The van der Waals surface area contributed by atoms with E-state index in [0.29, 0.717) is 55.4 Å². The largest absolute Gasteiger partial charge is 0.377 e. The highest BCUT2D eigenvalue weighted by molar-refractivity contribution is 5.75. The number of nitrogens with one attached hydrogen (secondary N) is 1. The quantitative estimate of drug-likeness (QED) is 0.655. The summed E-state index contributed by atoms with van der Waals surface area (Å²) in [7, 11) is 1.75. The second kappa shape index (κ2) is 8.01. The number of benzene rings is 1. The number of aromatic nitrogens is 4. The molecular weight excluding hydrogens is 418 g/mol. The first-order valence-electron chi connectivity index (χ1n) is 10.5. The summed E-state index contributed by atoms with van der Waals surface area (Å²) in [5.74, 6) is 0.592. The highest BCUT2D eigenvalue weighted by Gasteiger charge is 2.31. The Morgan fingerprint density at radius 3 is 2.75 bits per heavy atom. The van der Waals surface area contributed by atoms with Gasteiger partial charge in [0, 0.05) is 61.2 Å². The van der Waals surface area contributed by atoms with E-state index in [1.807, 2.05) is 4.68 Å². The Labute approximate surface area is 183 Å². The Bertz CT molecular complexity index is 1170. The molecule has 2 aliphatic heterocycles. The van der Waals surface area contributed by atoms with Crippen molar-refractivity contribution in [1.82, 2.24) is 24.5 Å². The van der Waals surface area contributed by atoms with Crippen molar-refractivity contribution in [3.8, 4) is 11.1 Å². The van der Waals surface area contributed by atoms with Gasteiger partial charge in [-0.25, -0.2) is 8.78 Å². The third-order valence-electron chi connectivity index (χ3n) is 6.06. The molecule has 32 heavy (non-hydrogen) atoms. The summed E-state index contributed by atoms with van der Waals surface area (Å²) in [6, 6.07) is 5.05. The number of carbonyl (C=O) groups excluding carboxylic acids is 1. The summed E-state index contributed by atoms with van der Waals surface area (Å²) in [4.78, 5) is 13.7. The van der Waals surface area contributed by atoms with Crippen molar-refractivity contribution in [2.75, 3.05) is 25.1 Å². The summed E-state index contributed by atoms with van der Waals surface area (Å²) in [5, 5.41) is 12.1. The number of ether oxygens (including phenoxy) is 1. The zero-order valence-corrected chi connectivity index (χ0v) is 17.9. The minimum atomic E-state index is -2.64. The van der Waals surface area contributed by atoms with Crippen LogP contribution in [-0.4, -0.2) is 50.1 Å². The molecule has 4 heterocycles. The van der Waals surface area contributed by atoms with Crippen molar-refractivity contribution in [1.29, 1.82) is 0 Å². The van der Waals surface area contributed by atoms with Crippen molar-refractivity contribution in [3.05, 3.63) is 47.4 Å². The maximum absolute atomic E-state index is 13.9. The number of amides is 1. The van der Waals surface area contributed by atoms with Crippen LogP contribution in [0.25, 0.3) is 11.1 Å². The fourth-order valence-electron chi connectivity index (χ4n) is 4.26. The second-order valence-electron chi connectivity index (χ2n) is 8.23. The van der Waals surface area contributed by atoms with Crippen LogP contribution in [0.4, 0.5) is 20.3 Å². The second-order valence-corrected chi connectivity index (χ2v) is 8.23. The molecule has 1 fully saturated rings. The topological polar surface area (TPSA) is 77.2 Å². The highest BCUT2D eigenvalue weighted by atomic mass is 19.3. The first-order valence-corrected chi connectivity index (χ1v) is 10.5. The van der Waals surface area contributed by atoms with Crippen molar-refractivity contribution in [2.45, 2.75) is 32.4 Å². The van der Waals surface area contributed by atoms with Crippen molar-refractivity contribution < 1.29 is 18.3 Å². The maximum atomic E-state index is 13.9. The van der Waals surface area contributed by atoms with Gasteiger partial charge in [0.25, 0.3) is 6.43 Å². The van der Waals surface area contributed by atoms with Gasteiger partial charge in [-0.2, -0.15) is 10.2 Å². The van der Waals surface area contributed by atoms with Crippen LogP contribution < -0.4 is 5.32 Å². The summed E-state index contributed by atoms with van der Waals surface area (Å²) in [6.45, 7) is 3.82. The van der Waals surface area contributed by atoms with Crippen LogP contribution in [0.5, 0.6) is 0 Å². The van der Waals surface area contributed by atoms with Crippen LogP contribution in [-0.2, 0) is 29.5 Å². The molecule has 168 valence electrons. The van der Waals surface area contributed by atoms with E-state index >= 15 is 0 Å². The predicted octanol–water partition coefficient (Wildman–Crippen LogP) is 3.44. The fourth-order valence-corrected chi connectivity index (χ4v) is 4.26. The third kappa shape index (κ3) is 3.64. The van der Waals surface area contributed by atoms with E-state index in [4.69, 9.17) is 9.84 Å². The molecule has 10 heteroatoms. The van der Waals surface area contributed by atoms with Gasteiger partial charge in [-0.05, 0) is 17.7 Å². The van der Waals surface area contributed by atoms with Gasteiger partial charge < -0.3 is 15.0 Å². The average molecular weight is 442 g/mol. The molecule has 3 aromatic rings. The standard InChI is InChI=1S/C22H24F2N6O2/c1-13(31)29-6-5-20-19(10-29)22(27-30(20)16-11-32-12-16)26-15-3-4-17(18(7-15)21(23)24)14-8-25-28(2)9-14/h3-4,7-9,16,21H,5-6,10-12H2,1-2H3,(H,26,27). The first-order chi connectivity index (χ1) is 15.4. The van der Waals surface area contributed by atoms with Crippen molar-refractivity contribution in [3.63, 3.8) is 0 Å². The molecule has 0 unspecified atom stereocenters. The lowest BCUT2D eigenvalue weighted by Crippen LogP contribution is -2.37. The van der Waals surface area contributed by atoms with Gasteiger partial charge in [-0.15, -0.1) is 0 Å². The van der Waals surface area contributed by atoms with E-state index in [-0.39, 0.29) is 17.5 Å². The van der Waals surface area contributed by atoms with E-state index in [1.165, 1.54) is 6.07 Å². The van der Waals surface area contributed by atoms with Gasteiger partial charge in [0.15, 0.2) is 5.82 Å². The number of hydrogen-bond acceptors (Lipinski definition) is 5. The molecule has 5 rings (SSSR count). The van der Waals surface area contributed by atoms with Gasteiger partial charge in [0.05, 0.1) is 32.0 Å². The summed E-state index contributed by atoms with van der Waals surface area (Å²) in [5.41, 5.74) is 3.52. The van der Waals surface area contributed by atoms with Crippen molar-refractivity contribution >= 4 is 17.4 Å². The van der Waals surface area contributed by atoms with E-state index in [2.05, 4.69) is 10.4 Å². The first kappa shape index (κ1) is 20.6. The summed E-state index contributed by atoms with van der Waals surface area (Å²) in [6.07, 6.45) is 1.34. The minimum absolute atomic E-state index is 0.00198. The van der Waals surface area contributed by atoms with Crippen LogP contribution in [0, 0.1) is 0 Å². The molecule has 1 saturated heterocycles. The molecule has 0 spiro atoms. The van der Waals surface area contributed by atoms with Crippen LogP contribution >= 0.6 is 0 Å². The van der Waals surface area contributed by atoms with Gasteiger partial charge in [0.2, 0.25) is 5.91 Å². The average Bonchev–Trinajstić information content (AvgIpc) is 3.30. The number of hydrogen-bond donors (Lipinski definition) is 1. The highest BCUT2D eigenvalue weighted by Crippen LogP contribution is 2.36. The molecule has 1 aromatic carbocycles. The molecular formula is C22H24F2N6O2. The number of aryl methyl sites for hydroxylation is 1. The monoisotopic (exact) mass is 442 g/mol. The number of nitrogens with zero attached hydrogens (tertiary/aromatic N) is 5. The molecule has 0 atom stereocenters. The lowest BCUT2D eigenvalue weighted by Gasteiger charge is -2.31. The zero-order chi connectivity index (χ0) is 22.4. The zero-order valence-electron chi connectivity index (χ0n) is 17.9. The normalized spacial score (nSPS) is 16.2. The van der Waals surface area contributed by atoms with E-state index in [0.717, 1.165) is 11.3 Å². The number of alkyl halides is 2. The summed E-state index contributed by atoms with van der Waals surface area (Å²) < 4.78 is 36.6. The van der Waals surface area contributed by atoms with E-state index in [1.54, 1.807) is 48.1 Å². The number of carbonyl (C=O) groups is 1. The maximum Gasteiger partial charge on any atom is 0.264 e. The molecule has 0 radical (unpaired) electrons. The fraction of sp³-hybridized carbons (Fsp3) is 0.409. The van der Waals surface area contributed by atoms with E-state index in [9.17, 15) is 13.6 Å². The van der Waals surface area contributed by atoms with Crippen LogP contribution in [0.15, 0.2) is 30.6 Å². The number of anilines is 2. The molecule has 0 aliphatic carbocycles. The molecule has 2 aromatic heterocycles. The van der Waals surface area contributed by atoms with Crippen LogP contribution in [0.3, 0.4) is 0 Å². The van der Waals surface area contributed by atoms with Gasteiger partial charge in [-0.3, -0.25) is 14.2 Å². The van der Waals surface area contributed by atoms with E-state index < -0.39 is 6.43 Å². The third-order valence-corrected chi connectivity index (χ3v) is 6.06. The minimum Gasteiger partial charge on any atom is -0.377 e. The Kier molecular flexibility index (Phi) is 5.16. The number of rotatable bonds is 5. The van der Waals surface area contributed by atoms with Crippen molar-refractivity contribution in [2.24, 2.45) is 7.05 Å². The molecule has 0 saturated carbocycles. The number of halogens is 2. The van der Waals surface area contributed by atoms with Gasteiger partial charge in [0.1, 0.15) is 0 Å². The Balaban J connectivity index is 1.50. The lowest BCUT2D eigenvalue weighted by atomic mass is 10.0. The van der Waals surface area contributed by atoms with Crippen LogP contribution in [0.2, 0.25) is 0 Å². The number of fused-ring (bicyclic) bond motifs is 1. The Morgan fingerprint density at radius 2 is 2.12 bits per heavy atom. The Hall–Kier alpha value is -3.27. The summed E-state index contributed by atoms with van der Waals surface area (Å²) >= 11 is 0. The molecule has 2 aliphatic rings. The lowest BCUT2D eigenvalue weighted by molar-refractivity contribution is -0.129. The Morgan fingerprint density at radius 1 is 1.31 bits per heavy atom. The predicted molar refractivity (Wildman–Crippen MR) is 114 cm³/mol. The smallest absolute Gasteiger partial charge is 0.264 e. The SMILES string of the molecule is CC(=O)N1CCc2c(c(Nc3ccc(-c4cnn(C)c4)c(C(F)F)c3)nn2C2COC2)C1. The van der Waals surface area contributed by atoms with Gasteiger partial charge in [-0.1, -0.05) is 6.07 Å². The molecule has 1 amide bonds. The molecule has 0 bridgehead atoms.